The van der Waals surface area contributed by atoms with E-state index in [2.05, 4.69) is 41.5 Å². The maximum absolute atomic E-state index is 10.4. The molecular weight excluding hydrogens is 182 g/mol. The van der Waals surface area contributed by atoms with Crippen LogP contribution < -0.4 is 5.32 Å². The predicted molar refractivity (Wildman–Crippen MR) is 50.7 cm³/mol. The van der Waals surface area contributed by atoms with Crippen LogP contribution in [0.15, 0.2) is 12.7 Å². The first-order chi connectivity index (χ1) is 5.16. The molecule has 3 nitrogen and oxygen atoms in total. The average Bonchev–Trinajstić information content (AvgIpc) is 1.97. The minimum atomic E-state index is -0.433. The highest BCUT2D eigenvalue weighted by Gasteiger charge is 1.93. The molecule has 11 heavy (non-hydrogen) atoms. The van der Waals surface area contributed by atoms with Gasteiger partial charge < -0.3 is 10.1 Å². The lowest BCUT2D eigenvalue weighted by molar-refractivity contribution is -0.137. The van der Waals surface area contributed by atoms with Crippen molar-refractivity contribution in [2.24, 2.45) is 0 Å². The van der Waals surface area contributed by atoms with Gasteiger partial charge in [-0.2, -0.15) is 0 Å². The van der Waals surface area contributed by atoms with E-state index in [1.807, 2.05) is 0 Å². The lowest BCUT2D eigenvalue weighted by Gasteiger charge is -2.02. The summed E-state index contributed by atoms with van der Waals surface area (Å²) in [5.74, 6) is -0.433. The molecule has 5 heteroatoms. The van der Waals surface area contributed by atoms with Gasteiger partial charge in [-0.25, -0.2) is 4.79 Å². The number of hydrogen-bond donors (Lipinski definition) is 2. The van der Waals surface area contributed by atoms with Crippen molar-refractivity contribution in [3.8, 4) is 0 Å². The Labute approximate surface area is 76.2 Å². The first-order valence-corrected chi connectivity index (χ1v) is 3.78. The van der Waals surface area contributed by atoms with E-state index in [4.69, 9.17) is 0 Å². The molecule has 0 saturated heterocycles. The summed E-state index contributed by atoms with van der Waals surface area (Å²) >= 11 is 8.40. The number of thiol groups is 1. The molecule has 0 aliphatic carbocycles. The van der Waals surface area contributed by atoms with E-state index < -0.39 is 5.97 Å². The average molecular weight is 191 g/mol. The van der Waals surface area contributed by atoms with Crippen LogP contribution in [0.25, 0.3) is 0 Å². The Morgan fingerprint density at radius 2 is 2.45 bits per heavy atom. The molecule has 0 atom stereocenters. The molecule has 0 saturated carbocycles. The molecular formula is C6H9NO2S2. The number of carbonyl (C=O) groups excluding carboxylic acids is 1. The molecule has 0 aromatic heterocycles. The predicted octanol–water partition coefficient (Wildman–Crippen LogP) is 0.520. The van der Waals surface area contributed by atoms with Gasteiger partial charge in [-0.15, -0.1) is 12.6 Å². The minimum Gasteiger partial charge on any atom is -0.461 e. The van der Waals surface area contributed by atoms with Crippen molar-refractivity contribution in [1.82, 2.24) is 5.32 Å². The molecule has 0 rings (SSSR count). The van der Waals surface area contributed by atoms with Gasteiger partial charge in [0.1, 0.15) is 10.9 Å². The van der Waals surface area contributed by atoms with E-state index in [9.17, 15) is 4.79 Å². The van der Waals surface area contributed by atoms with E-state index in [-0.39, 0.29) is 6.61 Å². The zero-order chi connectivity index (χ0) is 8.69. The topological polar surface area (TPSA) is 38.3 Å². The summed E-state index contributed by atoms with van der Waals surface area (Å²) in [6, 6.07) is 0. The van der Waals surface area contributed by atoms with Gasteiger partial charge in [0.05, 0.1) is 6.54 Å². The number of thiocarbonyl (C=S) groups is 1. The Morgan fingerprint density at radius 1 is 1.82 bits per heavy atom. The summed E-state index contributed by atoms with van der Waals surface area (Å²) in [6.45, 7) is 3.98. The van der Waals surface area contributed by atoms with Crippen LogP contribution in [0.3, 0.4) is 0 Å². The van der Waals surface area contributed by atoms with Gasteiger partial charge in [-0.1, -0.05) is 18.8 Å². The third kappa shape index (κ3) is 7.35. The van der Waals surface area contributed by atoms with Crippen LogP contribution in [0.1, 0.15) is 0 Å². The van der Waals surface area contributed by atoms with Gasteiger partial charge in [0, 0.05) is 6.08 Å². The maximum atomic E-state index is 10.4. The number of rotatable bonds is 4. The maximum Gasteiger partial charge on any atom is 0.330 e. The number of hydrogen-bond acceptors (Lipinski definition) is 3. The number of nitrogens with one attached hydrogen (secondary N) is 1. The summed E-state index contributed by atoms with van der Waals surface area (Å²) < 4.78 is 5.02. The van der Waals surface area contributed by atoms with Crippen LogP contribution >= 0.6 is 24.8 Å². The summed E-state index contributed by atoms with van der Waals surface area (Å²) in [5.41, 5.74) is 0. The standard InChI is InChI=1S/C6H9NO2S2/c1-2-5(8)9-4-3-7-6(10)11/h2H,1,3-4H2,(H2,7,10,11). The Bertz CT molecular complexity index is 170. The largest absolute Gasteiger partial charge is 0.461 e. The second-order valence-corrected chi connectivity index (χ2v) is 2.76. The van der Waals surface area contributed by atoms with E-state index in [1.165, 1.54) is 0 Å². The number of ether oxygens (including phenoxy) is 1. The molecule has 0 fully saturated rings. The summed E-state index contributed by atoms with van der Waals surface area (Å²) in [5, 5.41) is 2.71. The molecule has 0 radical (unpaired) electrons. The van der Waals surface area contributed by atoms with Crippen LogP contribution in [0.4, 0.5) is 0 Å². The van der Waals surface area contributed by atoms with E-state index in [0.29, 0.717) is 10.9 Å². The highest BCUT2D eigenvalue weighted by Crippen LogP contribution is 1.79. The van der Waals surface area contributed by atoms with Gasteiger partial charge in [-0.05, 0) is 0 Å². The Kier molecular flexibility index (Phi) is 5.87. The fourth-order valence-electron chi connectivity index (χ4n) is 0.369. The first kappa shape index (κ1) is 10.4. The van der Waals surface area contributed by atoms with Crippen LogP contribution in [0, 0.1) is 0 Å². The van der Waals surface area contributed by atoms with Gasteiger partial charge in [0.25, 0.3) is 0 Å². The fourth-order valence-corrected chi connectivity index (χ4v) is 0.582. The lowest BCUT2D eigenvalue weighted by Crippen LogP contribution is -2.22. The fraction of sp³-hybridized carbons (Fsp3) is 0.333. The highest BCUT2D eigenvalue weighted by molar-refractivity contribution is 8.11. The molecule has 0 heterocycles. The molecule has 1 N–H and O–H groups in total. The summed E-state index contributed by atoms with van der Waals surface area (Å²) in [4.78, 5) is 10.4. The van der Waals surface area contributed by atoms with Crippen LogP contribution in [0.5, 0.6) is 0 Å². The minimum absolute atomic E-state index is 0.269. The lowest BCUT2D eigenvalue weighted by atomic mass is 10.6. The molecule has 0 unspecified atom stereocenters. The Morgan fingerprint density at radius 3 is 2.91 bits per heavy atom. The molecule has 0 aromatic rings. The van der Waals surface area contributed by atoms with Gasteiger partial charge >= 0.3 is 5.97 Å². The van der Waals surface area contributed by atoms with Crippen molar-refractivity contribution in [2.45, 2.75) is 0 Å². The molecule has 0 aliphatic rings. The number of carbonyl (C=O) groups is 1. The highest BCUT2D eigenvalue weighted by atomic mass is 32.1. The molecule has 0 bridgehead atoms. The molecule has 0 amide bonds. The van der Waals surface area contributed by atoms with Gasteiger partial charge in [0.15, 0.2) is 0 Å². The number of esters is 1. The first-order valence-electron chi connectivity index (χ1n) is 2.93. The zero-order valence-corrected chi connectivity index (χ0v) is 7.58. The smallest absolute Gasteiger partial charge is 0.330 e. The zero-order valence-electron chi connectivity index (χ0n) is 5.87. The quantitative estimate of drug-likeness (QED) is 0.223. The third-order valence-corrected chi connectivity index (χ3v) is 1.09. The van der Waals surface area contributed by atoms with Crippen molar-refractivity contribution in [3.05, 3.63) is 12.7 Å². The monoisotopic (exact) mass is 191 g/mol. The van der Waals surface area contributed by atoms with E-state index >= 15 is 0 Å². The van der Waals surface area contributed by atoms with Crippen molar-refractivity contribution in [3.63, 3.8) is 0 Å². The molecule has 0 spiro atoms. The van der Waals surface area contributed by atoms with Crippen molar-refractivity contribution in [2.75, 3.05) is 13.2 Å². The van der Waals surface area contributed by atoms with Crippen LogP contribution in [0.2, 0.25) is 0 Å². The Balaban J connectivity index is 3.21. The van der Waals surface area contributed by atoms with E-state index in [0.717, 1.165) is 6.08 Å². The van der Waals surface area contributed by atoms with E-state index in [1.54, 1.807) is 0 Å². The van der Waals surface area contributed by atoms with Crippen LogP contribution in [-0.4, -0.2) is 23.4 Å². The van der Waals surface area contributed by atoms with Crippen molar-refractivity contribution < 1.29 is 9.53 Å². The van der Waals surface area contributed by atoms with Crippen LogP contribution in [-0.2, 0) is 9.53 Å². The SMILES string of the molecule is C=CC(=O)OCCNC(=S)S. The summed E-state index contributed by atoms with van der Waals surface area (Å²) in [6.07, 6.45) is 1.11. The molecule has 62 valence electrons. The Hall–Kier alpha value is -0.550. The molecule has 0 aliphatic heterocycles. The molecule has 0 aromatic carbocycles. The second kappa shape index (κ2) is 6.18. The van der Waals surface area contributed by atoms with Crippen molar-refractivity contribution in [1.29, 1.82) is 0 Å². The summed E-state index contributed by atoms with van der Waals surface area (Å²) in [7, 11) is 0. The van der Waals surface area contributed by atoms with Crippen molar-refractivity contribution >= 4 is 35.1 Å². The second-order valence-electron chi connectivity index (χ2n) is 1.60. The van der Waals surface area contributed by atoms with Gasteiger partial charge in [-0.3, -0.25) is 0 Å². The van der Waals surface area contributed by atoms with Gasteiger partial charge in [0.2, 0.25) is 0 Å². The third-order valence-electron chi connectivity index (χ3n) is 0.789. The normalized spacial score (nSPS) is 8.45.